The summed E-state index contributed by atoms with van der Waals surface area (Å²) in [4.78, 5) is 28.5. The Morgan fingerprint density at radius 2 is 1.92 bits per heavy atom. The average molecular weight is 329 g/mol. The van der Waals surface area contributed by atoms with Gasteiger partial charge in [0.2, 0.25) is 5.91 Å². The molecular formula is C18H20FN3O2. The molecule has 0 atom stereocenters. The molecule has 1 saturated carbocycles. The number of halogens is 1. The van der Waals surface area contributed by atoms with Crippen LogP contribution in [-0.2, 0) is 11.3 Å². The molecule has 126 valence electrons. The average Bonchev–Trinajstić information content (AvgIpc) is 2.58. The van der Waals surface area contributed by atoms with Gasteiger partial charge in [0.15, 0.2) is 0 Å². The largest absolute Gasteiger partial charge is 0.352 e. The highest BCUT2D eigenvalue weighted by molar-refractivity contribution is 5.76. The molecule has 1 aromatic carbocycles. The molecule has 0 spiro atoms. The van der Waals surface area contributed by atoms with Crippen molar-refractivity contribution in [3.8, 4) is 11.3 Å². The Morgan fingerprint density at radius 1 is 1.21 bits per heavy atom. The SMILES string of the molecule is O=C(Cn1cnc(-c2ccc(F)cc2)cc1=O)NC1CCCCC1. The normalized spacial score (nSPS) is 15.2. The highest BCUT2D eigenvalue weighted by Gasteiger charge is 2.16. The van der Waals surface area contributed by atoms with Crippen molar-refractivity contribution in [1.82, 2.24) is 14.9 Å². The standard InChI is InChI=1S/C18H20FN3O2/c19-14-8-6-13(7-9-14)16-10-18(24)22(12-20-16)11-17(23)21-15-4-2-1-3-5-15/h6-10,12,15H,1-5,11H2,(H,21,23). The Morgan fingerprint density at radius 3 is 2.58 bits per heavy atom. The molecule has 6 heteroatoms. The fourth-order valence-electron chi connectivity index (χ4n) is 3.00. The smallest absolute Gasteiger partial charge is 0.254 e. The van der Waals surface area contributed by atoms with E-state index in [-0.39, 0.29) is 29.9 Å². The first-order chi connectivity index (χ1) is 11.6. The van der Waals surface area contributed by atoms with Gasteiger partial charge in [-0.25, -0.2) is 9.37 Å². The van der Waals surface area contributed by atoms with Gasteiger partial charge < -0.3 is 5.32 Å². The molecule has 2 aromatic rings. The Bertz CT molecular complexity index is 765. The second kappa shape index (κ2) is 7.38. The van der Waals surface area contributed by atoms with Crippen molar-refractivity contribution in [3.63, 3.8) is 0 Å². The molecule has 0 radical (unpaired) electrons. The molecule has 1 aliphatic rings. The van der Waals surface area contributed by atoms with Crippen molar-refractivity contribution < 1.29 is 9.18 Å². The third kappa shape index (κ3) is 4.07. The van der Waals surface area contributed by atoms with Crippen LogP contribution in [0.5, 0.6) is 0 Å². The van der Waals surface area contributed by atoms with Gasteiger partial charge in [-0.2, -0.15) is 0 Å². The van der Waals surface area contributed by atoms with E-state index in [1.165, 1.54) is 35.5 Å². The Labute approximate surface area is 139 Å². The van der Waals surface area contributed by atoms with Crippen LogP contribution in [0.25, 0.3) is 11.3 Å². The van der Waals surface area contributed by atoms with E-state index in [1.807, 2.05) is 0 Å². The Balaban J connectivity index is 1.67. The predicted octanol–water partition coefficient (Wildman–Crippen LogP) is 2.50. The molecule has 1 fully saturated rings. The first kappa shape index (κ1) is 16.4. The molecule has 0 bridgehead atoms. The molecule has 1 N–H and O–H groups in total. The quantitative estimate of drug-likeness (QED) is 0.937. The van der Waals surface area contributed by atoms with Crippen LogP contribution in [0.4, 0.5) is 4.39 Å². The van der Waals surface area contributed by atoms with Gasteiger partial charge in [-0.15, -0.1) is 0 Å². The lowest BCUT2D eigenvalue weighted by Crippen LogP contribution is -2.39. The van der Waals surface area contributed by atoms with E-state index in [2.05, 4.69) is 10.3 Å². The van der Waals surface area contributed by atoms with Gasteiger partial charge in [0.05, 0.1) is 12.0 Å². The maximum absolute atomic E-state index is 13.0. The van der Waals surface area contributed by atoms with Gasteiger partial charge in [-0.1, -0.05) is 19.3 Å². The van der Waals surface area contributed by atoms with E-state index in [4.69, 9.17) is 0 Å². The monoisotopic (exact) mass is 329 g/mol. The summed E-state index contributed by atoms with van der Waals surface area (Å²) in [6.45, 7) is -0.0357. The zero-order valence-corrected chi connectivity index (χ0v) is 13.4. The number of aromatic nitrogens is 2. The topological polar surface area (TPSA) is 64.0 Å². The summed E-state index contributed by atoms with van der Waals surface area (Å²) in [6.07, 6.45) is 6.87. The van der Waals surface area contributed by atoms with E-state index in [0.29, 0.717) is 11.3 Å². The van der Waals surface area contributed by atoms with E-state index >= 15 is 0 Å². The third-order valence-electron chi connectivity index (χ3n) is 4.30. The van der Waals surface area contributed by atoms with E-state index in [9.17, 15) is 14.0 Å². The summed E-state index contributed by atoms with van der Waals surface area (Å²) in [6, 6.07) is 7.35. The predicted molar refractivity (Wildman–Crippen MR) is 88.9 cm³/mol. The van der Waals surface area contributed by atoms with Crippen molar-refractivity contribution in [2.45, 2.75) is 44.7 Å². The molecule has 1 amide bonds. The molecular weight excluding hydrogens is 309 g/mol. The first-order valence-electron chi connectivity index (χ1n) is 8.23. The van der Waals surface area contributed by atoms with Crippen LogP contribution in [0.3, 0.4) is 0 Å². The molecule has 5 nitrogen and oxygen atoms in total. The number of amides is 1. The zero-order valence-electron chi connectivity index (χ0n) is 13.4. The number of hydrogen-bond acceptors (Lipinski definition) is 3. The number of rotatable bonds is 4. The second-order valence-corrected chi connectivity index (χ2v) is 6.15. The van der Waals surface area contributed by atoms with Crippen LogP contribution in [0.2, 0.25) is 0 Å². The van der Waals surface area contributed by atoms with Gasteiger partial charge in [0.25, 0.3) is 5.56 Å². The third-order valence-corrected chi connectivity index (χ3v) is 4.30. The van der Waals surface area contributed by atoms with Gasteiger partial charge in [-0.3, -0.25) is 14.2 Å². The van der Waals surface area contributed by atoms with Crippen LogP contribution in [0.1, 0.15) is 32.1 Å². The number of benzene rings is 1. The van der Waals surface area contributed by atoms with Crippen LogP contribution in [0, 0.1) is 5.82 Å². The minimum Gasteiger partial charge on any atom is -0.352 e. The van der Waals surface area contributed by atoms with Crippen LogP contribution >= 0.6 is 0 Å². The summed E-state index contributed by atoms with van der Waals surface area (Å²) in [5.41, 5.74) is 0.819. The van der Waals surface area contributed by atoms with Gasteiger partial charge in [-0.05, 0) is 37.1 Å². The highest BCUT2D eigenvalue weighted by Crippen LogP contribution is 2.17. The molecule has 0 saturated heterocycles. The molecule has 3 rings (SSSR count). The van der Waals surface area contributed by atoms with Crippen LogP contribution in [0.15, 0.2) is 41.5 Å². The number of hydrogen-bond donors (Lipinski definition) is 1. The second-order valence-electron chi connectivity index (χ2n) is 6.15. The van der Waals surface area contributed by atoms with E-state index < -0.39 is 0 Å². The van der Waals surface area contributed by atoms with Crippen molar-refractivity contribution in [1.29, 1.82) is 0 Å². The summed E-state index contributed by atoms with van der Waals surface area (Å²) < 4.78 is 14.2. The molecule has 0 unspecified atom stereocenters. The lowest BCUT2D eigenvalue weighted by atomic mass is 9.95. The van der Waals surface area contributed by atoms with Gasteiger partial charge in [0.1, 0.15) is 12.4 Å². The van der Waals surface area contributed by atoms with Gasteiger partial charge in [0, 0.05) is 17.7 Å². The van der Waals surface area contributed by atoms with Crippen LogP contribution in [-0.4, -0.2) is 21.5 Å². The summed E-state index contributed by atoms with van der Waals surface area (Å²) in [5.74, 6) is -0.508. The van der Waals surface area contributed by atoms with Crippen molar-refractivity contribution in [2.75, 3.05) is 0 Å². The minimum absolute atomic E-state index is 0.0357. The Hall–Kier alpha value is -2.50. The van der Waals surface area contributed by atoms with Gasteiger partial charge >= 0.3 is 0 Å². The van der Waals surface area contributed by atoms with Crippen LogP contribution < -0.4 is 10.9 Å². The molecule has 1 aromatic heterocycles. The van der Waals surface area contributed by atoms with Crippen molar-refractivity contribution in [2.24, 2.45) is 0 Å². The Kier molecular flexibility index (Phi) is 5.03. The maximum Gasteiger partial charge on any atom is 0.254 e. The number of carbonyl (C=O) groups is 1. The van der Waals surface area contributed by atoms with Crippen molar-refractivity contribution >= 4 is 5.91 Å². The number of nitrogens with one attached hydrogen (secondary N) is 1. The molecule has 0 aliphatic heterocycles. The van der Waals surface area contributed by atoms with E-state index in [1.54, 1.807) is 12.1 Å². The first-order valence-corrected chi connectivity index (χ1v) is 8.23. The summed E-state index contributed by atoms with van der Waals surface area (Å²) in [7, 11) is 0. The zero-order chi connectivity index (χ0) is 16.9. The fraction of sp³-hybridized carbons (Fsp3) is 0.389. The summed E-state index contributed by atoms with van der Waals surface area (Å²) >= 11 is 0. The number of carbonyl (C=O) groups excluding carboxylic acids is 1. The maximum atomic E-state index is 13.0. The van der Waals surface area contributed by atoms with E-state index in [0.717, 1.165) is 25.7 Å². The lowest BCUT2D eigenvalue weighted by Gasteiger charge is -2.22. The summed E-state index contributed by atoms with van der Waals surface area (Å²) in [5, 5.41) is 2.98. The highest BCUT2D eigenvalue weighted by atomic mass is 19.1. The molecule has 24 heavy (non-hydrogen) atoms. The minimum atomic E-state index is -0.341. The number of nitrogens with zero attached hydrogens (tertiary/aromatic N) is 2. The molecule has 1 aliphatic carbocycles. The fourth-order valence-corrected chi connectivity index (χ4v) is 3.00. The van der Waals surface area contributed by atoms with Crippen molar-refractivity contribution in [3.05, 3.63) is 52.8 Å². The lowest BCUT2D eigenvalue weighted by molar-refractivity contribution is -0.122. The molecule has 1 heterocycles.